The second-order valence-electron chi connectivity index (χ2n) is 2.91. The highest BCUT2D eigenvalue weighted by Crippen LogP contribution is 1.90. The fourth-order valence-electron chi connectivity index (χ4n) is 0.870. The van der Waals surface area contributed by atoms with E-state index in [1.54, 1.807) is 6.92 Å². The summed E-state index contributed by atoms with van der Waals surface area (Å²) in [5, 5.41) is 3.23. The van der Waals surface area contributed by atoms with E-state index >= 15 is 0 Å². The first-order valence-corrected chi connectivity index (χ1v) is 5.31. The zero-order valence-corrected chi connectivity index (χ0v) is 9.68. The van der Waals surface area contributed by atoms with E-state index in [9.17, 15) is 0 Å². The molecular formula is C12H23N3. The van der Waals surface area contributed by atoms with Crippen molar-refractivity contribution in [3.63, 3.8) is 0 Å². The second-order valence-corrected chi connectivity index (χ2v) is 2.91. The van der Waals surface area contributed by atoms with Crippen LogP contribution in [-0.2, 0) is 0 Å². The van der Waals surface area contributed by atoms with Crippen LogP contribution in [0.1, 0.15) is 26.2 Å². The van der Waals surface area contributed by atoms with Crippen molar-refractivity contribution in [3.8, 4) is 24.2 Å². The van der Waals surface area contributed by atoms with E-state index in [0.29, 0.717) is 0 Å². The fourth-order valence-corrected chi connectivity index (χ4v) is 0.870. The Morgan fingerprint density at radius 3 is 2.20 bits per heavy atom. The van der Waals surface area contributed by atoms with Gasteiger partial charge in [-0.2, -0.15) is 0 Å². The summed E-state index contributed by atoms with van der Waals surface area (Å²) < 4.78 is 0. The molecule has 0 aromatic heterocycles. The maximum absolute atomic E-state index is 5.33. The summed E-state index contributed by atoms with van der Waals surface area (Å²) in [5.74, 6) is 7.08. The van der Waals surface area contributed by atoms with Gasteiger partial charge in [-0.1, -0.05) is 12.3 Å². The Morgan fingerprint density at radius 2 is 1.80 bits per heavy atom. The van der Waals surface area contributed by atoms with Crippen molar-refractivity contribution in [2.45, 2.75) is 26.2 Å². The molecule has 86 valence electrons. The predicted octanol–water partition coefficient (Wildman–Crippen LogP) is 0.307. The molecule has 5 N–H and O–H groups in total. The molecule has 0 aliphatic carbocycles. The molecule has 0 saturated heterocycles. The van der Waals surface area contributed by atoms with Crippen molar-refractivity contribution < 1.29 is 0 Å². The van der Waals surface area contributed by atoms with Crippen molar-refractivity contribution in [1.29, 1.82) is 0 Å². The van der Waals surface area contributed by atoms with Gasteiger partial charge in [0.15, 0.2) is 0 Å². The molecule has 0 aromatic rings. The third-order valence-corrected chi connectivity index (χ3v) is 1.58. The molecule has 0 saturated carbocycles. The van der Waals surface area contributed by atoms with Gasteiger partial charge in [0.1, 0.15) is 0 Å². The van der Waals surface area contributed by atoms with Crippen LogP contribution in [0.5, 0.6) is 0 Å². The third-order valence-electron chi connectivity index (χ3n) is 1.58. The van der Waals surface area contributed by atoms with Crippen LogP contribution in [0.3, 0.4) is 0 Å². The monoisotopic (exact) mass is 209 g/mol. The lowest BCUT2D eigenvalue weighted by atomic mass is 10.2. The Morgan fingerprint density at radius 1 is 1.07 bits per heavy atom. The van der Waals surface area contributed by atoms with Gasteiger partial charge in [0.05, 0.1) is 0 Å². The summed E-state index contributed by atoms with van der Waals surface area (Å²) in [5.41, 5.74) is 10.6. The number of hydrogen-bond acceptors (Lipinski definition) is 3. The van der Waals surface area contributed by atoms with Gasteiger partial charge in [-0.25, -0.2) is 0 Å². The molecular weight excluding hydrogens is 186 g/mol. The average molecular weight is 209 g/mol. The molecule has 0 aromatic carbocycles. The zero-order chi connectivity index (χ0) is 11.8. The van der Waals surface area contributed by atoms with Crippen LogP contribution < -0.4 is 16.8 Å². The van der Waals surface area contributed by atoms with Gasteiger partial charge >= 0.3 is 0 Å². The molecule has 0 aliphatic heterocycles. The summed E-state index contributed by atoms with van der Waals surface area (Å²) >= 11 is 0. The topological polar surface area (TPSA) is 64.1 Å². The zero-order valence-electron chi connectivity index (χ0n) is 9.68. The smallest absolute Gasteiger partial charge is 0.00745 e. The average Bonchev–Trinajstić information content (AvgIpc) is 2.25. The van der Waals surface area contributed by atoms with Gasteiger partial charge in [0.25, 0.3) is 0 Å². The van der Waals surface area contributed by atoms with Gasteiger partial charge in [-0.15, -0.1) is 6.42 Å². The number of unbranched alkanes of at least 4 members (excludes halogenated alkanes) is 2. The van der Waals surface area contributed by atoms with Gasteiger partial charge in [-0.3, -0.25) is 0 Å². The Bertz CT molecular complexity index is 187. The minimum atomic E-state index is 0.733. The molecule has 0 bridgehead atoms. The second kappa shape index (κ2) is 18.7. The first-order valence-electron chi connectivity index (χ1n) is 5.31. The molecule has 0 radical (unpaired) electrons. The lowest BCUT2D eigenvalue weighted by molar-refractivity contribution is 0.610. The Balaban J connectivity index is 0. The Kier molecular flexibility index (Phi) is 20.5. The van der Waals surface area contributed by atoms with E-state index in [1.165, 1.54) is 12.8 Å². The molecule has 0 unspecified atom stereocenters. The number of hydrogen-bond donors (Lipinski definition) is 3. The van der Waals surface area contributed by atoms with Crippen molar-refractivity contribution in [2.75, 3.05) is 26.2 Å². The van der Waals surface area contributed by atoms with Crippen molar-refractivity contribution in [1.82, 2.24) is 5.32 Å². The van der Waals surface area contributed by atoms with Crippen LogP contribution in [0.4, 0.5) is 0 Å². The minimum Gasteiger partial charge on any atom is -0.330 e. The molecule has 0 spiro atoms. The van der Waals surface area contributed by atoms with Crippen molar-refractivity contribution in [3.05, 3.63) is 0 Å². The highest BCUT2D eigenvalue weighted by atomic mass is 14.9. The van der Waals surface area contributed by atoms with E-state index in [0.717, 1.165) is 32.6 Å². The van der Waals surface area contributed by atoms with Crippen molar-refractivity contribution >= 4 is 0 Å². The number of nitrogens with one attached hydrogen (secondary N) is 1. The number of terminal acetylenes is 1. The molecule has 0 rings (SSSR count). The third kappa shape index (κ3) is 24.6. The fraction of sp³-hybridized carbons (Fsp3) is 0.667. The van der Waals surface area contributed by atoms with Crippen LogP contribution in [0.25, 0.3) is 0 Å². The Labute approximate surface area is 94.0 Å². The molecule has 3 heteroatoms. The van der Waals surface area contributed by atoms with E-state index < -0.39 is 0 Å². The Hall–Kier alpha value is -1.00. The van der Waals surface area contributed by atoms with Crippen LogP contribution in [0.15, 0.2) is 0 Å². The van der Waals surface area contributed by atoms with Crippen LogP contribution in [0, 0.1) is 24.2 Å². The predicted molar refractivity (Wildman–Crippen MR) is 67.1 cm³/mol. The first kappa shape index (κ1) is 16.4. The molecule has 0 heterocycles. The quantitative estimate of drug-likeness (QED) is 0.417. The molecule has 0 atom stereocenters. The van der Waals surface area contributed by atoms with Gasteiger partial charge in [0, 0.05) is 13.1 Å². The SMILES string of the molecule is C#CC#CC.NCCCCCNCCN. The summed E-state index contributed by atoms with van der Waals surface area (Å²) in [7, 11) is 0. The summed E-state index contributed by atoms with van der Waals surface area (Å²) in [6, 6.07) is 0. The lowest BCUT2D eigenvalue weighted by Crippen LogP contribution is -2.23. The summed E-state index contributed by atoms with van der Waals surface area (Å²) in [6.07, 6.45) is 8.31. The highest BCUT2D eigenvalue weighted by molar-refractivity contribution is 5.20. The van der Waals surface area contributed by atoms with E-state index in [1.807, 2.05) is 0 Å². The van der Waals surface area contributed by atoms with E-state index in [4.69, 9.17) is 17.9 Å². The number of nitrogens with two attached hydrogens (primary N) is 2. The number of rotatable bonds is 7. The molecule has 0 aliphatic rings. The van der Waals surface area contributed by atoms with Crippen LogP contribution >= 0.6 is 0 Å². The molecule has 15 heavy (non-hydrogen) atoms. The van der Waals surface area contributed by atoms with Gasteiger partial charge < -0.3 is 16.8 Å². The van der Waals surface area contributed by atoms with Crippen molar-refractivity contribution in [2.24, 2.45) is 11.5 Å². The normalized spacial score (nSPS) is 7.87. The maximum Gasteiger partial charge on any atom is 0.00745 e. The van der Waals surface area contributed by atoms with Crippen LogP contribution in [0.2, 0.25) is 0 Å². The largest absolute Gasteiger partial charge is 0.330 e. The standard InChI is InChI=1S/C7H19N3.C5H4/c8-4-2-1-3-6-10-7-5-9;1-3-5-4-2/h10H,1-9H2;1H,2H3. The molecule has 0 amide bonds. The van der Waals surface area contributed by atoms with E-state index in [-0.39, 0.29) is 0 Å². The van der Waals surface area contributed by atoms with E-state index in [2.05, 4.69) is 23.1 Å². The first-order chi connectivity index (χ1) is 7.33. The lowest BCUT2D eigenvalue weighted by Gasteiger charge is -2.00. The highest BCUT2D eigenvalue weighted by Gasteiger charge is 1.86. The summed E-state index contributed by atoms with van der Waals surface area (Å²) in [4.78, 5) is 0. The molecule has 3 nitrogen and oxygen atoms in total. The van der Waals surface area contributed by atoms with Gasteiger partial charge in [0.2, 0.25) is 0 Å². The molecule has 0 fully saturated rings. The van der Waals surface area contributed by atoms with Gasteiger partial charge in [-0.05, 0) is 44.7 Å². The van der Waals surface area contributed by atoms with Crippen LogP contribution in [-0.4, -0.2) is 26.2 Å². The maximum atomic E-state index is 5.33. The minimum absolute atomic E-state index is 0.733. The summed E-state index contributed by atoms with van der Waals surface area (Å²) in [6.45, 7) is 5.27.